The van der Waals surface area contributed by atoms with Crippen molar-refractivity contribution in [3.05, 3.63) is 84.1 Å². The van der Waals surface area contributed by atoms with Crippen molar-refractivity contribution in [2.24, 2.45) is 0 Å². The normalized spacial score (nSPS) is 15.7. The highest BCUT2D eigenvalue weighted by atomic mass is 19.1. The van der Waals surface area contributed by atoms with E-state index in [9.17, 15) is 18.4 Å². The number of benzene rings is 3. The average molecular weight is 447 g/mol. The highest BCUT2D eigenvalue weighted by Crippen LogP contribution is 2.32. The Hall–Kier alpha value is -4.20. The van der Waals surface area contributed by atoms with Gasteiger partial charge in [-0.25, -0.2) is 8.78 Å². The van der Waals surface area contributed by atoms with Gasteiger partial charge in [0.2, 0.25) is 0 Å². The predicted octanol–water partition coefficient (Wildman–Crippen LogP) is 4.27. The number of halogens is 2. The van der Waals surface area contributed by atoms with E-state index in [1.54, 1.807) is 49.6 Å². The molecule has 166 valence electrons. The van der Waals surface area contributed by atoms with E-state index in [-0.39, 0.29) is 18.1 Å². The van der Waals surface area contributed by atoms with E-state index in [1.165, 1.54) is 17.0 Å². The van der Waals surface area contributed by atoms with Crippen LogP contribution in [0.25, 0.3) is 22.0 Å². The minimum atomic E-state index is -0.883. The summed E-state index contributed by atoms with van der Waals surface area (Å²) in [4.78, 5) is 30.4. The molecular weight excluding hydrogens is 428 g/mol. The van der Waals surface area contributed by atoms with Gasteiger partial charge in [-0.15, -0.1) is 0 Å². The third kappa shape index (κ3) is 3.69. The second-order valence-electron chi connectivity index (χ2n) is 7.79. The van der Waals surface area contributed by atoms with Crippen molar-refractivity contribution in [2.75, 3.05) is 18.6 Å². The maximum absolute atomic E-state index is 14.4. The Kier molecular flexibility index (Phi) is 5.05. The molecule has 0 spiro atoms. The van der Waals surface area contributed by atoms with Gasteiger partial charge in [0.05, 0.1) is 5.69 Å². The number of likely N-dealkylation sites (N-methyl/N-ethyl adjacent to an activating group) is 1. The van der Waals surface area contributed by atoms with Gasteiger partial charge in [-0.2, -0.15) is 0 Å². The van der Waals surface area contributed by atoms with E-state index < -0.39 is 23.6 Å². The highest BCUT2D eigenvalue weighted by molar-refractivity contribution is 6.06. The van der Waals surface area contributed by atoms with Gasteiger partial charge >= 0.3 is 0 Å². The number of aromatic nitrogens is 1. The molecule has 0 bridgehead atoms. The van der Waals surface area contributed by atoms with Crippen LogP contribution >= 0.6 is 0 Å². The molecule has 1 atom stereocenters. The Morgan fingerprint density at radius 1 is 1.09 bits per heavy atom. The molecule has 2 heterocycles. The number of para-hydroxylation sites is 2. The van der Waals surface area contributed by atoms with E-state index in [4.69, 9.17) is 4.74 Å². The largest absolute Gasteiger partial charge is 0.489 e. The van der Waals surface area contributed by atoms with Crippen molar-refractivity contribution in [2.45, 2.75) is 6.04 Å². The van der Waals surface area contributed by atoms with Gasteiger partial charge in [0.1, 0.15) is 30.0 Å². The Morgan fingerprint density at radius 2 is 1.91 bits per heavy atom. The third-order valence-corrected chi connectivity index (χ3v) is 5.73. The molecule has 2 amide bonds. The quantitative estimate of drug-likeness (QED) is 0.493. The van der Waals surface area contributed by atoms with Crippen molar-refractivity contribution in [3.8, 4) is 16.9 Å². The summed E-state index contributed by atoms with van der Waals surface area (Å²) in [6, 6.07) is 14.5. The molecule has 0 fully saturated rings. The maximum atomic E-state index is 14.4. The molecule has 0 unspecified atom stereocenters. The summed E-state index contributed by atoms with van der Waals surface area (Å²) in [5.74, 6) is -1.58. The average Bonchev–Trinajstić information content (AvgIpc) is 3.19. The van der Waals surface area contributed by atoms with Gasteiger partial charge in [-0.1, -0.05) is 12.1 Å². The van der Waals surface area contributed by atoms with Crippen LogP contribution in [0.2, 0.25) is 0 Å². The zero-order valence-electron chi connectivity index (χ0n) is 17.6. The van der Waals surface area contributed by atoms with Crippen LogP contribution in [0.5, 0.6) is 5.75 Å². The number of carbonyl (C=O) groups excluding carboxylic acids is 2. The van der Waals surface area contributed by atoms with Crippen molar-refractivity contribution in [3.63, 3.8) is 0 Å². The fourth-order valence-corrected chi connectivity index (χ4v) is 3.99. The Labute approximate surface area is 187 Å². The second-order valence-corrected chi connectivity index (χ2v) is 7.79. The number of nitrogens with zero attached hydrogens (tertiary/aromatic N) is 1. The number of anilines is 1. The number of ether oxygens (including phenoxy) is 1. The molecule has 0 radical (unpaired) electrons. The molecule has 5 rings (SSSR count). The molecule has 0 saturated carbocycles. The first-order chi connectivity index (χ1) is 15.9. The van der Waals surface area contributed by atoms with Crippen LogP contribution in [-0.2, 0) is 4.79 Å². The monoisotopic (exact) mass is 447 g/mol. The van der Waals surface area contributed by atoms with Gasteiger partial charge in [0, 0.05) is 46.9 Å². The zero-order valence-corrected chi connectivity index (χ0v) is 17.6. The molecular formula is C25H19F2N3O3. The van der Waals surface area contributed by atoms with Crippen LogP contribution in [0.3, 0.4) is 0 Å². The van der Waals surface area contributed by atoms with Gasteiger partial charge in [0.25, 0.3) is 11.8 Å². The van der Waals surface area contributed by atoms with Crippen LogP contribution in [-0.4, -0.2) is 36.5 Å². The number of carbonyl (C=O) groups is 2. The standard InChI is InChI=1S/C25H19F2N3O3/c1-30-22-4-2-3-5-23(22)33-13-21(25(30)32)29-24(31)14-6-9-20-17(10-14)18(12-28-20)16-8-7-15(26)11-19(16)27/h2-12,21,28H,13H2,1H3,(H,29,31)/t21-/m0/s1. The number of fused-ring (bicyclic) bond motifs is 2. The van der Waals surface area contributed by atoms with Gasteiger partial charge < -0.3 is 19.9 Å². The molecule has 3 aromatic carbocycles. The lowest BCUT2D eigenvalue weighted by Crippen LogP contribution is -2.49. The van der Waals surface area contributed by atoms with E-state index in [0.717, 1.165) is 6.07 Å². The van der Waals surface area contributed by atoms with Gasteiger partial charge in [-0.05, 0) is 42.5 Å². The van der Waals surface area contributed by atoms with E-state index in [1.807, 2.05) is 6.07 Å². The molecule has 6 nitrogen and oxygen atoms in total. The van der Waals surface area contributed by atoms with Crippen LogP contribution in [0.15, 0.2) is 66.9 Å². The van der Waals surface area contributed by atoms with Gasteiger partial charge in [0.15, 0.2) is 0 Å². The Balaban J connectivity index is 1.43. The summed E-state index contributed by atoms with van der Waals surface area (Å²) in [6.07, 6.45) is 1.61. The van der Waals surface area contributed by atoms with E-state index >= 15 is 0 Å². The minimum absolute atomic E-state index is 0.00956. The fraction of sp³-hybridized carbons (Fsp3) is 0.120. The molecule has 33 heavy (non-hydrogen) atoms. The number of H-pyrrole nitrogens is 1. The minimum Gasteiger partial charge on any atom is -0.489 e. The lowest BCUT2D eigenvalue weighted by Gasteiger charge is -2.20. The summed E-state index contributed by atoms with van der Waals surface area (Å²) >= 11 is 0. The smallest absolute Gasteiger partial charge is 0.252 e. The summed E-state index contributed by atoms with van der Waals surface area (Å²) in [6.45, 7) is -0.00956. The maximum Gasteiger partial charge on any atom is 0.252 e. The summed E-state index contributed by atoms with van der Waals surface area (Å²) in [5, 5.41) is 3.33. The second kappa shape index (κ2) is 8.05. The Morgan fingerprint density at radius 3 is 2.73 bits per heavy atom. The van der Waals surface area contributed by atoms with Crippen LogP contribution < -0.4 is 15.0 Å². The van der Waals surface area contributed by atoms with Crippen LogP contribution in [0.4, 0.5) is 14.5 Å². The van der Waals surface area contributed by atoms with Crippen LogP contribution in [0.1, 0.15) is 10.4 Å². The molecule has 1 aromatic heterocycles. The lowest BCUT2D eigenvalue weighted by molar-refractivity contribution is -0.120. The van der Waals surface area contributed by atoms with Gasteiger partial charge in [-0.3, -0.25) is 9.59 Å². The summed E-state index contributed by atoms with van der Waals surface area (Å²) in [7, 11) is 1.63. The topological polar surface area (TPSA) is 74.4 Å². The lowest BCUT2D eigenvalue weighted by atomic mass is 10.0. The summed E-state index contributed by atoms with van der Waals surface area (Å²) < 4.78 is 33.4. The van der Waals surface area contributed by atoms with Crippen molar-refractivity contribution >= 4 is 28.4 Å². The number of aromatic amines is 1. The Bertz CT molecular complexity index is 1400. The first-order valence-corrected chi connectivity index (χ1v) is 10.3. The van der Waals surface area contributed by atoms with Crippen molar-refractivity contribution in [1.82, 2.24) is 10.3 Å². The fourth-order valence-electron chi connectivity index (χ4n) is 3.99. The first kappa shape index (κ1) is 20.7. The first-order valence-electron chi connectivity index (χ1n) is 10.3. The molecule has 4 aromatic rings. The van der Waals surface area contributed by atoms with Crippen LogP contribution in [0, 0.1) is 11.6 Å². The number of hydrogen-bond donors (Lipinski definition) is 2. The molecule has 1 aliphatic heterocycles. The number of nitrogens with one attached hydrogen (secondary N) is 2. The molecule has 8 heteroatoms. The molecule has 0 saturated heterocycles. The molecule has 1 aliphatic rings. The SMILES string of the molecule is CN1C(=O)[C@@H](NC(=O)c2ccc3[nH]cc(-c4ccc(F)cc4F)c3c2)COc2ccccc21. The highest BCUT2D eigenvalue weighted by Gasteiger charge is 2.30. The van der Waals surface area contributed by atoms with Crippen molar-refractivity contribution < 1.29 is 23.1 Å². The van der Waals surface area contributed by atoms with Crippen molar-refractivity contribution in [1.29, 1.82) is 0 Å². The molecule has 0 aliphatic carbocycles. The van der Waals surface area contributed by atoms with E-state index in [0.29, 0.717) is 33.5 Å². The third-order valence-electron chi connectivity index (χ3n) is 5.73. The number of hydrogen-bond acceptors (Lipinski definition) is 3. The number of rotatable bonds is 3. The number of amides is 2. The zero-order chi connectivity index (χ0) is 23.1. The molecule has 2 N–H and O–H groups in total. The predicted molar refractivity (Wildman–Crippen MR) is 120 cm³/mol. The van der Waals surface area contributed by atoms with E-state index in [2.05, 4.69) is 10.3 Å². The summed E-state index contributed by atoms with van der Waals surface area (Å²) in [5.41, 5.74) is 2.32.